The molecular formula is C14H17BrFN. The molecule has 0 heterocycles. The minimum atomic E-state index is -0.199. The first-order valence-corrected chi connectivity index (χ1v) is 7.20. The predicted octanol–water partition coefficient (Wildman–Crippen LogP) is 4.44. The Kier molecular flexibility index (Phi) is 3.12. The minimum Gasteiger partial charge on any atom is -0.385 e. The Bertz CT molecular complexity index is 421. The van der Waals surface area contributed by atoms with E-state index >= 15 is 0 Å². The number of anilines is 1. The summed E-state index contributed by atoms with van der Waals surface area (Å²) in [6.45, 7) is 1.04. The molecular weight excluding hydrogens is 281 g/mol. The first-order chi connectivity index (χ1) is 8.22. The highest BCUT2D eigenvalue weighted by Gasteiger charge is 2.38. The molecule has 0 saturated heterocycles. The summed E-state index contributed by atoms with van der Waals surface area (Å²) in [5.41, 5.74) is 1.01. The molecule has 1 N–H and O–H groups in total. The summed E-state index contributed by atoms with van der Waals surface area (Å²) in [6, 6.07) is 5.14. The average molecular weight is 298 g/mol. The van der Waals surface area contributed by atoms with Crippen molar-refractivity contribution < 1.29 is 4.39 Å². The monoisotopic (exact) mass is 297 g/mol. The second-order valence-electron chi connectivity index (χ2n) is 5.44. The van der Waals surface area contributed by atoms with Gasteiger partial charge in [-0.15, -0.1) is 0 Å². The second kappa shape index (κ2) is 4.60. The lowest BCUT2D eigenvalue weighted by atomic mass is 9.89. The fourth-order valence-corrected chi connectivity index (χ4v) is 3.86. The first kappa shape index (κ1) is 11.5. The summed E-state index contributed by atoms with van der Waals surface area (Å²) in [7, 11) is 0. The number of rotatable bonds is 3. The van der Waals surface area contributed by atoms with Crippen LogP contribution in [-0.2, 0) is 0 Å². The van der Waals surface area contributed by atoms with Gasteiger partial charge < -0.3 is 5.32 Å². The molecule has 2 aliphatic carbocycles. The van der Waals surface area contributed by atoms with Gasteiger partial charge in [0.05, 0.1) is 4.47 Å². The molecule has 17 heavy (non-hydrogen) atoms. The highest BCUT2D eigenvalue weighted by Crippen LogP contribution is 2.48. The number of halogens is 2. The van der Waals surface area contributed by atoms with Gasteiger partial charge in [-0.25, -0.2) is 4.39 Å². The molecule has 3 rings (SSSR count). The largest absolute Gasteiger partial charge is 0.385 e. The smallest absolute Gasteiger partial charge is 0.137 e. The van der Waals surface area contributed by atoms with Crippen LogP contribution in [-0.4, -0.2) is 6.54 Å². The molecule has 1 aromatic rings. The van der Waals surface area contributed by atoms with Crippen molar-refractivity contribution in [1.29, 1.82) is 0 Å². The topological polar surface area (TPSA) is 12.0 Å². The maximum atomic E-state index is 13.1. The van der Waals surface area contributed by atoms with E-state index in [1.807, 2.05) is 12.1 Å². The number of hydrogen-bond acceptors (Lipinski definition) is 1. The van der Waals surface area contributed by atoms with Gasteiger partial charge in [-0.05, 0) is 71.1 Å². The molecule has 1 nitrogen and oxygen atoms in total. The summed E-state index contributed by atoms with van der Waals surface area (Å²) in [5, 5.41) is 3.44. The van der Waals surface area contributed by atoms with Crippen molar-refractivity contribution in [2.45, 2.75) is 25.7 Å². The Labute approximate surface area is 110 Å². The van der Waals surface area contributed by atoms with Crippen LogP contribution in [0.2, 0.25) is 0 Å². The van der Waals surface area contributed by atoms with Crippen molar-refractivity contribution in [2.24, 2.45) is 17.8 Å². The summed E-state index contributed by atoms with van der Waals surface area (Å²) in [6.07, 6.45) is 5.70. The maximum Gasteiger partial charge on any atom is 0.137 e. The molecule has 92 valence electrons. The van der Waals surface area contributed by atoms with Crippen LogP contribution in [0.5, 0.6) is 0 Å². The first-order valence-electron chi connectivity index (χ1n) is 6.41. The Balaban J connectivity index is 1.59. The van der Waals surface area contributed by atoms with Gasteiger partial charge in [-0.2, -0.15) is 0 Å². The van der Waals surface area contributed by atoms with Crippen LogP contribution in [0.25, 0.3) is 0 Å². The molecule has 2 fully saturated rings. The van der Waals surface area contributed by atoms with E-state index in [9.17, 15) is 4.39 Å². The standard InChI is InChI=1S/C14H17BrFN/c15-13-7-12(3-4-14(13)16)17-8-11-6-9-1-2-10(11)5-9/h3-4,7,9-11,17H,1-2,5-6,8H2. The highest BCUT2D eigenvalue weighted by atomic mass is 79.9. The number of benzene rings is 1. The van der Waals surface area contributed by atoms with Crippen LogP contribution in [0.15, 0.2) is 22.7 Å². The van der Waals surface area contributed by atoms with Crippen molar-refractivity contribution >= 4 is 21.6 Å². The summed E-state index contributed by atoms with van der Waals surface area (Å²) >= 11 is 3.22. The lowest BCUT2D eigenvalue weighted by molar-refractivity contribution is 0.348. The fourth-order valence-electron chi connectivity index (χ4n) is 3.48. The van der Waals surface area contributed by atoms with Crippen LogP contribution < -0.4 is 5.32 Å². The van der Waals surface area contributed by atoms with Crippen LogP contribution in [0, 0.1) is 23.6 Å². The third kappa shape index (κ3) is 2.35. The Morgan fingerprint density at radius 1 is 1.29 bits per heavy atom. The van der Waals surface area contributed by atoms with Crippen LogP contribution >= 0.6 is 15.9 Å². The molecule has 2 saturated carbocycles. The van der Waals surface area contributed by atoms with Crippen LogP contribution in [0.1, 0.15) is 25.7 Å². The van der Waals surface area contributed by atoms with E-state index in [-0.39, 0.29) is 5.82 Å². The van der Waals surface area contributed by atoms with Crippen molar-refractivity contribution in [1.82, 2.24) is 0 Å². The quantitative estimate of drug-likeness (QED) is 0.870. The van der Waals surface area contributed by atoms with Gasteiger partial charge in [0.15, 0.2) is 0 Å². The third-order valence-electron chi connectivity index (χ3n) is 4.37. The van der Waals surface area contributed by atoms with Crippen molar-refractivity contribution in [3.05, 3.63) is 28.5 Å². The van der Waals surface area contributed by atoms with Gasteiger partial charge in [0.25, 0.3) is 0 Å². The van der Waals surface area contributed by atoms with Gasteiger partial charge in [-0.3, -0.25) is 0 Å². The Hall–Kier alpha value is -0.570. The van der Waals surface area contributed by atoms with E-state index in [1.165, 1.54) is 31.7 Å². The minimum absolute atomic E-state index is 0.199. The third-order valence-corrected chi connectivity index (χ3v) is 4.98. The number of hydrogen-bond donors (Lipinski definition) is 1. The molecule has 0 aliphatic heterocycles. The molecule has 1 aromatic carbocycles. The molecule has 3 heteroatoms. The van der Waals surface area contributed by atoms with Crippen LogP contribution in [0.3, 0.4) is 0 Å². The fraction of sp³-hybridized carbons (Fsp3) is 0.571. The summed E-state index contributed by atoms with van der Waals surface area (Å²) < 4.78 is 13.6. The van der Waals surface area contributed by atoms with Crippen molar-refractivity contribution in [3.63, 3.8) is 0 Å². The molecule has 0 aromatic heterocycles. The zero-order valence-corrected chi connectivity index (χ0v) is 11.3. The van der Waals surface area contributed by atoms with Gasteiger partial charge in [0.1, 0.15) is 5.82 Å². The normalized spacial score (nSPS) is 30.8. The summed E-state index contributed by atoms with van der Waals surface area (Å²) in [4.78, 5) is 0. The predicted molar refractivity (Wildman–Crippen MR) is 71.5 cm³/mol. The van der Waals surface area contributed by atoms with Crippen molar-refractivity contribution in [3.8, 4) is 0 Å². The molecule has 2 aliphatic rings. The average Bonchev–Trinajstić information content (AvgIpc) is 2.92. The lowest BCUT2D eigenvalue weighted by Crippen LogP contribution is -2.20. The van der Waals surface area contributed by atoms with Gasteiger partial charge in [0, 0.05) is 12.2 Å². The zero-order chi connectivity index (χ0) is 11.8. The molecule has 0 amide bonds. The van der Waals surface area contributed by atoms with E-state index < -0.39 is 0 Å². The SMILES string of the molecule is Fc1ccc(NCC2CC3CCC2C3)cc1Br. The van der Waals surface area contributed by atoms with E-state index in [2.05, 4.69) is 21.2 Å². The van der Waals surface area contributed by atoms with E-state index in [1.54, 1.807) is 0 Å². The van der Waals surface area contributed by atoms with E-state index in [0.717, 1.165) is 30.0 Å². The van der Waals surface area contributed by atoms with E-state index in [4.69, 9.17) is 0 Å². The van der Waals surface area contributed by atoms with Gasteiger partial charge in [0.2, 0.25) is 0 Å². The number of nitrogens with one attached hydrogen (secondary N) is 1. The molecule has 3 unspecified atom stereocenters. The number of fused-ring (bicyclic) bond motifs is 2. The molecule has 3 atom stereocenters. The molecule has 2 bridgehead atoms. The van der Waals surface area contributed by atoms with Gasteiger partial charge in [-0.1, -0.05) is 6.42 Å². The second-order valence-corrected chi connectivity index (χ2v) is 6.30. The lowest BCUT2D eigenvalue weighted by Gasteiger charge is -2.22. The Morgan fingerprint density at radius 2 is 2.18 bits per heavy atom. The maximum absolute atomic E-state index is 13.1. The highest BCUT2D eigenvalue weighted by molar-refractivity contribution is 9.10. The zero-order valence-electron chi connectivity index (χ0n) is 9.76. The summed E-state index contributed by atoms with van der Waals surface area (Å²) in [5.74, 6) is 2.57. The van der Waals surface area contributed by atoms with E-state index in [0.29, 0.717) is 4.47 Å². The molecule has 0 radical (unpaired) electrons. The molecule has 0 spiro atoms. The van der Waals surface area contributed by atoms with Gasteiger partial charge >= 0.3 is 0 Å². The van der Waals surface area contributed by atoms with Crippen molar-refractivity contribution in [2.75, 3.05) is 11.9 Å². The van der Waals surface area contributed by atoms with Crippen LogP contribution in [0.4, 0.5) is 10.1 Å². The Morgan fingerprint density at radius 3 is 2.82 bits per heavy atom.